The van der Waals surface area contributed by atoms with E-state index in [9.17, 15) is 0 Å². The normalized spacial score (nSPS) is 13.5. The molecule has 0 bridgehead atoms. The molecule has 0 atom stereocenters. The average Bonchev–Trinajstić information content (AvgIpc) is 3.89. The first-order valence-electron chi connectivity index (χ1n) is 24.3. The molecular formula is C58H44BN5OPt-2. The number of hydrogen-bond acceptors (Lipinski definition) is 4. The molecule has 0 fully saturated rings. The summed E-state index contributed by atoms with van der Waals surface area (Å²) >= 11 is 2.43. The van der Waals surface area contributed by atoms with Gasteiger partial charge in [-0.25, -0.2) is 0 Å². The van der Waals surface area contributed by atoms with Crippen LogP contribution in [0.3, 0.4) is 0 Å². The fraction of sp³-hybridized carbons (Fsp3) is 0.0690. The van der Waals surface area contributed by atoms with Crippen LogP contribution in [-0.2, 0) is 24.8 Å². The van der Waals surface area contributed by atoms with Crippen LogP contribution in [0.15, 0.2) is 212 Å². The van der Waals surface area contributed by atoms with Gasteiger partial charge in [-0.15, -0.1) is 6.07 Å². The third-order valence-electron chi connectivity index (χ3n) is 11.9. The number of hydrogen-bond donors (Lipinski definition) is 0. The molecule has 1 aliphatic heterocycles. The molecule has 0 amide bonds. The molecule has 3 heterocycles. The SMILES string of the molecule is [2H]c1c([2H])c([2H])c(B2N(c3cccc(Oc4[c-]c(-n5[c](=[Pt])n(-c6c(-c7ccccc7)cccc6-c6cccc(C(C)(C)C)c6)c6ccccc65)ccc4)n3)c3[c-]cccc3N2c2ccccc2)c([2H])c1[2H]. The Morgan fingerprint density at radius 3 is 2.08 bits per heavy atom. The van der Waals surface area contributed by atoms with Crippen molar-refractivity contribution < 1.29 is 30.9 Å². The van der Waals surface area contributed by atoms with Gasteiger partial charge in [0.15, 0.2) is 0 Å². The van der Waals surface area contributed by atoms with Gasteiger partial charge in [0.1, 0.15) is 0 Å². The summed E-state index contributed by atoms with van der Waals surface area (Å²) in [4.78, 5) is 8.88. The summed E-state index contributed by atoms with van der Waals surface area (Å²) in [5.41, 5.74) is 11.7. The summed E-state index contributed by atoms with van der Waals surface area (Å²) in [6.07, 6.45) is 0. The number of pyridine rings is 1. The minimum Gasteiger partial charge on any atom is -0.175 e. The fourth-order valence-electron chi connectivity index (χ4n) is 8.84. The van der Waals surface area contributed by atoms with Gasteiger partial charge >= 0.3 is 315 Å². The van der Waals surface area contributed by atoms with Crippen molar-refractivity contribution in [2.24, 2.45) is 0 Å². The molecule has 0 unspecified atom stereocenters. The Kier molecular flexibility index (Phi) is 9.31. The summed E-state index contributed by atoms with van der Waals surface area (Å²) < 4.78 is 56.1. The van der Waals surface area contributed by atoms with Crippen LogP contribution in [0.4, 0.5) is 22.9 Å². The summed E-state index contributed by atoms with van der Waals surface area (Å²) in [5.74, 6) is 1.12. The van der Waals surface area contributed by atoms with Crippen molar-refractivity contribution in [3.05, 3.63) is 234 Å². The molecule has 0 N–H and O–H groups in total. The van der Waals surface area contributed by atoms with Gasteiger partial charge in [-0.2, -0.15) is 12.1 Å². The van der Waals surface area contributed by atoms with E-state index in [1.54, 1.807) is 12.1 Å². The van der Waals surface area contributed by atoms with Crippen LogP contribution in [0.1, 0.15) is 33.2 Å². The predicted molar refractivity (Wildman–Crippen MR) is 266 cm³/mol. The van der Waals surface area contributed by atoms with Crippen LogP contribution >= 0.6 is 0 Å². The fourth-order valence-corrected chi connectivity index (χ4v) is 9.92. The van der Waals surface area contributed by atoms with Crippen LogP contribution in [-0.4, -0.2) is 21.1 Å². The first kappa shape index (κ1) is 35.8. The summed E-state index contributed by atoms with van der Waals surface area (Å²) in [6, 6.07) is 65.8. The minimum atomic E-state index is -0.941. The van der Waals surface area contributed by atoms with Gasteiger partial charge in [0.2, 0.25) is 0 Å². The molecule has 2 aromatic heterocycles. The second kappa shape index (κ2) is 17.2. The van der Waals surface area contributed by atoms with Crippen molar-refractivity contribution in [3.63, 3.8) is 0 Å². The minimum absolute atomic E-state index is 0.0387. The third kappa shape index (κ3) is 7.49. The van der Waals surface area contributed by atoms with E-state index in [0.29, 0.717) is 17.3 Å². The van der Waals surface area contributed by atoms with Gasteiger partial charge in [0.25, 0.3) is 0 Å². The van der Waals surface area contributed by atoms with Crippen LogP contribution in [0.2, 0.25) is 0 Å². The van der Waals surface area contributed by atoms with Crippen LogP contribution in [0.25, 0.3) is 44.7 Å². The molecule has 0 spiro atoms. The molecule has 8 aromatic carbocycles. The standard InChI is InChI=1S/C58H44BN5O.Pt/c1-58(2,3)44-24-17-23-43(39-44)50-32-19-31-49(42-21-7-4-8-22-42)57(50)62-41-61(51-33-13-14-34-52(51)62)47-29-18-30-48(40-47)65-56-38-20-37-55(60-56)64-54-36-16-15-35-53(54)63(46-27-11-6-12-28-46)59(64)45-25-9-5-10-26-45;/h4-35,37-39H,1-3H3;/q-2;/i5D,9D,10D,25D,26D;. The molecule has 8 heteroatoms. The maximum atomic E-state index is 9.15. The molecule has 0 radical (unpaired) electrons. The summed E-state index contributed by atoms with van der Waals surface area (Å²) in [5, 5.41) is 0. The average molecular weight is 1040 g/mol. The summed E-state index contributed by atoms with van der Waals surface area (Å²) in [7, 11) is 0. The predicted octanol–water partition coefficient (Wildman–Crippen LogP) is 13.6. The number of rotatable bonds is 9. The van der Waals surface area contributed by atoms with Gasteiger partial charge in [-0.1, -0.05) is 48.4 Å². The second-order valence-electron chi connectivity index (χ2n) is 17.0. The molecular weight excluding hydrogens is 989 g/mol. The van der Waals surface area contributed by atoms with Crippen molar-refractivity contribution in [2.75, 3.05) is 9.62 Å². The number of fused-ring (bicyclic) bond motifs is 2. The van der Waals surface area contributed by atoms with Crippen molar-refractivity contribution in [1.82, 2.24) is 14.1 Å². The first-order valence-corrected chi connectivity index (χ1v) is 22.9. The zero-order chi connectivity index (χ0) is 49.1. The van der Waals surface area contributed by atoms with Crippen LogP contribution < -0.4 is 19.8 Å². The van der Waals surface area contributed by atoms with E-state index in [1.807, 2.05) is 88.5 Å². The number of para-hydroxylation sites is 5. The van der Waals surface area contributed by atoms with E-state index in [4.69, 9.17) is 16.6 Å². The van der Waals surface area contributed by atoms with Gasteiger partial charge in [0.05, 0.1) is 6.85 Å². The molecule has 322 valence electrons. The van der Waals surface area contributed by atoms with Crippen molar-refractivity contribution in [2.45, 2.75) is 26.2 Å². The second-order valence-corrected chi connectivity index (χ2v) is 18.0. The van der Waals surface area contributed by atoms with E-state index >= 15 is 0 Å². The maximum absolute atomic E-state index is 9.15. The Hall–Kier alpha value is -7.47. The van der Waals surface area contributed by atoms with E-state index in [0.717, 1.165) is 59.8 Å². The van der Waals surface area contributed by atoms with Crippen LogP contribution in [0, 0.1) is 15.9 Å². The van der Waals surface area contributed by atoms with Gasteiger partial charge < -0.3 is 0 Å². The van der Waals surface area contributed by atoms with Gasteiger partial charge in [-0.05, 0) is 12.1 Å². The van der Waals surface area contributed by atoms with Crippen molar-refractivity contribution in [3.8, 4) is 45.3 Å². The molecule has 0 aliphatic carbocycles. The summed E-state index contributed by atoms with van der Waals surface area (Å²) in [6.45, 7) is 5.79. The van der Waals surface area contributed by atoms with Gasteiger partial charge in [0, 0.05) is 5.69 Å². The smallest absolute Gasteiger partial charge is 0.175 e. The quantitative estimate of drug-likeness (QED) is 0.107. The first-order chi connectivity index (χ1) is 34.4. The molecule has 0 saturated carbocycles. The number of nitrogens with zero attached hydrogens (tertiary/aromatic N) is 5. The number of imidazole rings is 1. The van der Waals surface area contributed by atoms with Crippen molar-refractivity contribution in [1.29, 1.82) is 0 Å². The zero-order valence-electron chi connectivity index (χ0n) is 41.4. The molecule has 10 aromatic rings. The third-order valence-corrected chi connectivity index (χ3v) is 12.9. The van der Waals surface area contributed by atoms with Gasteiger partial charge in [-0.3, -0.25) is 0 Å². The van der Waals surface area contributed by atoms with E-state index in [1.165, 1.54) is 5.56 Å². The Morgan fingerprint density at radius 2 is 1.30 bits per heavy atom. The molecule has 6 nitrogen and oxygen atoms in total. The number of benzene rings is 8. The molecule has 1 aliphatic rings. The van der Waals surface area contributed by atoms with E-state index < -0.39 is 25.1 Å². The van der Waals surface area contributed by atoms with E-state index in [-0.39, 0.29) is 28.8 Å². The topological polar surface area (TPSA) is 38.5 Å². The van der Waals surface area contributed by atoms with Crippen molar-refractivity contribution >= 4 is 46.4 Å². The Morgan fingerprint density at radius 1 is 0.636 bits per heavy atom. The number of ether oxygens (including phenoxy) is 1. The molecule has 0 saturated heterocycles. The monoisotopic (exact) mass is 1040 g/mol. The zero-order valence-corrected chi connectivity index (χ0v) is 38.6. The van der Waals surface area contributed by atoms with E-state index in [2.05, 4.69) is 152 Å². The Labute approximate surface area is 404 Å². The van der Waals surface area contributed by atoms with Crippen LogP contribution in [0.5, 0.6) is 11.6 Å². The number of anilines is 4. The molecule has 11 rings (SSSR count). The molecule has 66 heavy (non-hydrogen) atoms. The Balaban J connectivity index is 1.03. The number of aromatic nitrogens is 3. The Bertz CT molecular complexity index is 3720.